The summed E-state index contributed by atoms with van der Waals surface area (Å²) < 4.78 is 13.2. The smallest absolute Gasteiger partial charge is 0.125 e. The van der Waals surface area contributed by atoms with Crippen molar-refractivity contribution in [3.63, 3.8) is 0 Å². The Morgan fingerprint density at radius 2 is 2.29 bits per heavy atom. The van der Waals surface area contributed by atoms with Gasteiger partial charge in [-0.3, -0.25) is 0 Å². The molecular weight excluding hydrogens is 215 g/mol. The molecule has 2 nitrogen and oxygen atoms in total. The Morgan fingerprint density at radius 3 is 2.94 bits per heavy atom. The second kappa shape index (κ2) is 5.50. The molecule has 2 atom stereocenters. The van der Waals surface area contributed by atoms with E-state index >= 15 is 0 Å². The van der Waals surface area contributed by atoms with Crippen LogP contribution in [0.5, 0.6) is 0 Å². The van der Waals surface area contributed by atoms with Gasteiger partial charge in [-0.25, -0.2) is 4.39 Å². The summed E-state index contributed by atoms with van der Waals surface area (Å²) in [5, 5.41) is 3.52. The van der Waals surface area contributed by atoms with E-state index in [4.69, 9.17) is 0 Å². The van der Waals surface area contributed by atoms with E-state index in [-0.39, 0.29) is 5.82 Å². The van der Waals surface area contributed by atoms with Gasteiger partial charge in [0.25, 0.3) is 0 Å². The number of hydrogen-bond donors (Lipinski definition) is 1. The van der Waals surface area contributed by atoms with Crippen LogP contribution in [0, 0.1) is 11.7 Å². The predicted molar refractivity (Wildman–Crippen MR) is 69.9 cm³/mol. The van der Waals surface area contributed by atoms with Gasteiger partial charge in [-0.1, -0.05) is 19.9 Å². The maximum absolute atomic E-state index is 13.2. The van der Waals surface area contributed by atoms with Gasteiger partial charge in [-0.2, -0.15) is 0 Å². The Balaban J connectivity index is 2.01. The third-order valence-corrected chi connectivity index (χ3v) is 3.54. The largest absolute Gasteiger partial charge is 0.371 e. The summed E-state index contributed by atoms with van der Waals surface area (Å²) in [5.41, 5.74) is 1.01. The highest BCUT2D eigenvalue weighted by Crippen LogP contribution is 2.23. The molecule has 1 aromatic carbocycles. The van der Waals surface area contributed by atoms with Gasteiger partial charge in [-0.05, 0) is 37.1 Å². The minimum Gasteiger partial charge on any atom is -0.371 e. The molecule has 1 saturated heterocycles. The molecule has 2 rings (SSSR count). The average Bonchev–Trinajstić information content (AvgIpc) is 2.32. The molecule has 0 radical (unpaired) electrons. The Bertz CT molecular complexity index is 367. The van der Waals surface area contributed by atoms with E-state index in [0.717, 1.165) is 31.7 Å². The highest BCUT2D eigenvalue weighted by molar-refractivity contribution is 5.47. The van der Waals surface area contributed by atoms with Crippen LogP contribution in [0.25, 0.3) is 0 Å². The number of benzene rings is 1. The molecule has 1 aromatic rings. The molecule has 94 valence electrons. The van der Waals surface area contributed by atoms with Crippen LogP contribution < -0.4 is 10.2 Å². The van der Waals surface area contributed by atoms with E-state index in [1.165, 1.54) is 6.07 Å². The fourth-order valence-corrected chi connectivity index (χ4v) is 2.62. The van der Waals surface area contributed by atoms with Gasteiger partial charge in [0.05, 0.1) is 0 Å². The topological polar surface area (TPSA) is 15.3 Å². The lowest BCUT2D eigenvalue weighted by Crippen LogP contribution is -2.48. The van der Waals surface area contributed by atoms with Gasteiger partial charge >= 0.3 is 0 Å². The molecule has 0 aromatic heterocycles. The molecule has 1 heterocycles. The maximum atomic E-state index is 13.2. The number of hydrogen-bond acceptors (Lipinski definition) is 2. The van der Waals surface area contributed by atoms with Crippen molar-refractivity contribution in [1.29, 1.82) is 0 Å². The fourth-order valence-electron chi connectivity index (χ4n) is 2.62. The Labute approximate surface area is 103 Å². The van der Waals surface area contributed by atoms with E-state index in [1.807, 2.05) is 6.07 Å². The van der Waals surface area contributed by atoms with E-state index in [0.29, 0.717) is 12.0 Å². The zero-order valence-corrected chi connectivity index (χ0v) is 10.6. The molecular formula is C14H21FN2. The van der Waals surface area contributed by atoms with Gasteiger partial charge < -0.3 is 10.2 Å². The predicted octanol–water partition coefficient (Wildman–Crippen LogP) is 2.65. The van der Waals surface area contributed by atoms with E-state index in [9.17, 15) is 4.39 Å². The normalized spacial score (nSPS) is 25.0. The van der Waals surface area contributed by atoms with Crippen LogP contribution in [-0.4, -0.2) is 25.7 Å². The minimum atomic E-state index is -0.149. The van der Waals surface area contributed by atoms with Crippen molar-refractivity contribution < 1.29 is 4.39 Å². The van der Waals surface area contributed by atoms with Crippen LogP contribution in [0.15, 0.2) is 24.3 Å². The summed E-state index contributed by atoms with van der Waals surface area (Å²) in [6, 6.07) is 7.50. The molecule has 0 bridgehead atoms. The van der Waals surface area contributed by atoms with Gasteiger partial charge in [0.1, 0.15) is 5.82 Å². The minimum absolute atomic E-state index is 0.149. The number of halogens is 1. The van der Waals surface area contributed by atoms with E-state index < -0.39 is 0 Å². The van der Waals surface area contributed by atoms with E-state index in [2.05, 4.69) is 24.1 Å². The molecule has 0 amide bonds. The maximum Gasteiger partial charge on any atom is 0.125 e. The van der Waals surface area contributed by atoms with Gasteiger partial charge in [-0.15, -0.1) is 0 Å². The van der Waals surface area contributed by atoms with E-state index in [1.54, 1.807) is 12.1 Å². The van der Waals surface area contributed by atoms with Gasteiger partial charge in [0.15, 0.2) is 0 Å². The Hall–Kier alpha value is -1.09. The second-order valence-corrected chi connectivity index (χ2v) is 4.86. The van der Waals surface area contributed by atoms with Crippen molar-refractivity contribution in [2.75, 3.05) is 24.5 Å². The lowest BCUT2D eigenvalue weighted by molar-refractivity contribution is 0.326. The van der Waals surface area contributed by atoms with Crippen LogP contribution in [0.1, 0.15) is 20.3 Å². The second-order valence-electron chi connectivity index (χ2n) is 4.86. The first-order valence-electron chi connectivity index (χ1n) is 6.44. The van der Waals surface area contributed by atoms with Gasteiger partial charge in [0.2, 0.25) is 0 Å². The zero-order valence-electron chi connectivity index (χ0n) is 10.6. The highest BCUT2D eigenvalue weighted by Gasteiger charge is 2.25. The number of nitrogens with zero attached hydrogens (tertiary/aromatic N) is 1. The first-order chi connectivity index (χ1) is 8.20. The highest BCUT2D eigenvalue weighted by atomic mass is 19.1. The molecule has 0 saturated carbocycles. The number of nitrogens with one attached hydrogen (secondary N) is 1. The van der Waals surface area contributed by atoms with Crippen molar-refractivity contribution in [2.24, 2.45) is 5.92 Å². The monoisotopic (exact) mass is 236 g/mol. The first kappa shape index (κ1) is 12.4. The Morgan fingerprint density at radius 1 is 1.47 bits per heavy atom. The van der Waals surface area contributed by atoms with Crippen molar-refractivity contribution in [3.8, 4) is 0 Å². The summed E-state index contributed by atoms with van der Waals surface area (Å²) in [7, 11) is 0. The van der Waals surface area contributed by atoms with Crippen LogP contribution >= 0.6 is 0 Å². The summed E-state index contributed by atoms with van der Waals surface area (Å²) in [5.74, 6) is 0.455. The van der Waals surface area contributed by atoms with Gasteiger partial charge in [0, 0.05) is 24.8 Å². The van der Waals surface area contributed by atoms with Crippen LogP contribution in [0.2, 0.25) is 0 Å². The SMILES string of the molecule is CCNC1CCN(c2cccc(F)c2)CC1C. The van der Waals surface area contributed by atoms with Crippen LogP contribution in [0.3, 0.4) is 0 Å². The summed E-state index contributed by atoms with van der Waals surface area (Å²) in [6.45, 7) is 7.44. The third kappa shape index (κ3) is 2.97. The number of piperidine rings is 1. The first-order valence-corrected chi connectivity index (χ1v) is 6.44. The molecule has 0 aliphatic carbocycles. The summed E-state index contributed by atoms with van der Waals surface area (Å²) in [4.78, 5) is 2.28. The summed E-state index contributed by atoms with van der Waals surface area (Å²) in [6.07, 6.45) is 1.13. The Kier molecular flexibility index (Phi) is 4.00. The van der Waals surface area contributed by atoms with Crippen molar-refractivity contribution in [3.05, 3.63) is 30.1 Å². The quantitative estimate of drug-likeness (QED) is 0.868. The molecule has 1 N–H and O–H groups in total. The van der Waals surface area contributed by atoms with Crippen LogP contribution in [-0.2, 0) is 0 Å². The average molecular weight is 236 g/mol. The van der Waals surface area contributed by atoms with Crippen molar-refractivity contribution >= 4 is 5.69 Å². The molecule has 1 aliphatic rings. The number of rotatable bonds is 3. The molecule has 1 aliphatic heterocycles. The lowest BCUT2D eigenvalue weighted by atomic mass is 9.93. The zero-order chi connectivity index (χ0) is 12.3. The van der Waals surface area contributed by atoms with Crippen molar-refractivity contribution in [2.45, 2.75) is 26.3 Å². The number of anilines is 1. The standard InChI is InChI=1S/C14H21FN2/c1-3-16-14-7-8-17(10-11(14)2)13-6-4-5-12(15)9-13/h4-6,9,11,14,16H,3,7-8,10H2,1-2H3. The molecule has 0 spiro atoms. The molecule has 1 fully saturated rings. The van der Waals surface area contributed by atoms with Crippen molar-refractivity contribution in [1.82, 2.24) is 5.32 Å². The summed E-state index contributed by atoms with van der Waals surface area (Å²) >= 11 is 0. The third-order valence-electron chi connectivity index (χ3n) is 3.54. The molecule has 3 heteroatoms. The molecule has 17 heavy (non-hydrogen) atoms. The lowest BCUT2D eigenvalue weighted by Gasteiger charge is -2.38. The fraction of sp³-hybridized carbons (Fsp3) is 0.571. The van der Waals surface area contributed by atoms with Crippen LogP contribution in [0.4, 0.5) is 10.1 Å². The molecule has 2 unspecified atom stereocenters.